The van der Waals surface area contributed by atoms with Gasteiger partial charge >= 0.3 is 0 Å². The van der Waals surface area contributed by atoms with E-state index < -0.39 is 17.8 Å². The Morgan fingerprint density at radius 2 is 2.30 bits per heavy atom. The lowest BCUT2D eigenvalue weighted by atomic mass is 10.2. The van der Waals surface area contributed by atoms with Crippen molar-refractivity contribution >= 4 is 28.6 Å². The second-order valence-electron chi connectivity index (χ2n) is 4.26. The minimum Gasteiger partial charge on any atom is -0.399 e. The summed E-state index contributed by atoms with van der Waals surface area (Å²) >= 11 is 1.55. The highest BCUT2D eigenvalue weighted by atomic mass is 32.1. The van der Waals surface area contributed by atoms with Crippen molar-refractivity contribution in [3.63, 3.8) is 0 Å². The molecule has 2 rings (SSSR count). The van der Waals surface area contributed by atoms with Crippen molar-refractivity contribution in [2.45, 2.75) is 19.6 Å². The van der Waals surface area contributed by atoms with Crippen LogP contribution >= 0.6 is 11.3 Å². The number of rotatable bonds is 5. The van der Waals surface area contributed by atoms with E-state index in [2.05, 4.69) is 5.32 Å². The van der Waals surface area contributed by atoms with Gasteiger partial charge in [0.25, 0.3) is 5.91 Å². The molecule has 0 aliphatic carbocycles. The SMILES string of the molecule is CC(OCc1cccs1)C(=O)Nc1cc(N)ccc1F. The molecule has 0 radical (unpaired) electrons. The summed E-state index contributed by atoms with van der Waals surface area (Å²) in [5, 5.41) is 4.40. The lowest BCUT2D eigenvalue weighted by Crippen LogP contribution is -2.28. The van der Waals surface area contributed by atoms with Crippen LogP contribution in [0.15, 0.2) is 35.7 Å². The zero-order valence-electron chi connectivity index (χ0n) is 10.9. The number of benzene rings is 1. The Hall–Kier alpha value is -1.92. The average Bonchev–Trinajstić information content (AvgIpc) is 2.93. The van der Waals surface area contributed by atoms with Crippen molar-refractivity contribution in [2.75, 3.05) is 11.1 Å². The van der Waals surface area contributed by atoms with Gasteiger partial charge in [-0.2, -0.15) is 0 Å². The van der Waals surface area contributed by atoms with E-state index >= 15 is 0 Å². The molecule has 1 unspecified atom stereocenters. The van der Waals surface area contributed by atoms with E-state index in [0.29, 0.717) is 12.3 Å². The van der Waals surface area contributed by atoms with Crippen LogP contribution in [0, 0.1) is 5.82 Å². The highest BCUT2D eigenvalue weighted by molar-refractivity contribution is 7.09. The Morgan fingerprint density at radius 1 is 1.50 bits per heavy atom. The van der Waals surface area contributed by atoms with Crippen molar-refractivity contribution in [2.24, 2.45) is 0 Å². The molecule has 6 heteroatoms. The van der Waals surface area contributed by atoms with Gasteiger partial charge in [-0.1, -0.05) is 6.07 Å². The molecule has 3 N–H and O–H groups in total. The average molecular weight is 294 g/mol. The molecule has 0 saturated carbocycles. The number of thiophene rings is 1. The Bertz CT molecular complexity index is 587. The van der Waals surface area contributed by atoms with E-state index in [-0.39, 0.29) is 5.69 Å². The Kier molecular flexibility index (Phi) is 4.70. The van der Waals surface area contributed by atoms with E-state index in [1.807, 2.05) is 17.5 Å². The number of ether oxygens (including phenoxy) is 1. The van der Waals surface area contributed by atoms with Gasteiger partial charge in [0.05, 0.1) is 12.3 Å². The number of carbonyl (C=O) groups excluding carboxylic acids is 1. The van der Waals surface area contributed by atoms with Crippen LogP contribution < -0.4 is 11.1 Å². The molecule has 20 heavy (non-hydrogen) atoms. The molecule has 0 saturated heterocycles. The molecule has 0 fully saturated rings. The number of nitrogens with two attached hydrogens (primary N) is 1. The normalized spacial score (nSPS) is 12.1. The van der Waals surface area contributed by atoms with Gasteiger partial charge in [0, 0.05) is 10.6 Å². The largest absolute Gasteiger partial charge is 0.399 e. The monoisotopic (exact) mass is 294 g/mol. The van der Waals surface area contributed by atoms with Crippen molar-refractivity contribution in [3.8, 4) is 0 Å². The van der Waals surface area contributed by atoms with Crippen LogP contribution in [0.2, 0.25) is 0 Å². The maximum atomic E-state index is 13.5. The molecular weight excluding hydrogens is 279 g/mol. The Morgan fingerprint density at radius 3 is 3.00 bits per heavy atom. The fourth-order valence-electron chi connectivity index (χ4n) is 1.55. The lowest BCUT2D eigenvalue weighted by Gasteiger charge is -2.13. The van der Waals surface area contributed by atoms with Crippen LogP contribution in [0.3, 0.4) is 0 Å². The lowest BCUT2D eigenvalue weighted by molar-refractivity contribution is -0.127. The molecule has 0 aliphatic rings. The molecule has 1 amide bonds. The minimum absolute atomic E-state index is 0.0570. The fourth-order valence-corrected chi connectivity index (χ4v) is 2.18. The smallest absolute Gasteiger partial charge is 0.253 e. The maximum absolute atomic E-state index is 13.5. The number of halogens is 1. The zero-order chi connectivity index (χ0) is 14.5. The molecule has 106 valence electrons. The molecule has 0 bridgehead atoms. The number of nitrogens with one attached hydrogen (secondary N) is 1. The first kappa shape index (κ1) is 14.5. The number of carbonyl (C=O) groups is 1. The molecule has 1 atom stereocenters. The summed E-state index contributed by atoms with van der Waals surface area (Å²) in [5.74, 6) is -0.941. The van der Waals surface area contributed by atoms with Crippen LogP contribution in [-0.4, -0.2) is 12.0 Å². The highest BCUT2D eigenvalue weighted by Crippen LogP contribution is 2.18. The van der Waals surface area contributed by atoms with E-state index in [1.165, 1.54) is 18.2 Å². The minimum atomic E-state index is -0.682. The van der Waals surface area contributed by atoms with Crippen LogP contribution in [0.5, 0.6) is 0 Å². The summed E-state index contributed by atoms with van der Waals surface area (Å²) in [5.41, 5.74) is 5.99. The summed E-state index contributed by atoms with van der Waals surface area (Å²) in [7, 11) is 0. The summed E-state index contributed by atoms with van der Waals surface area (Å²) in [6.45, 7) is 1.97. The number of hydrogen-bond donors (Lipinski definition) is 2. The molecule has 0 aliphatic heterocycles. The number of nitrogen functional groups attached to an aromatic ring is 1. The third-order valence-electron chi connectivity index (χ3n) is 2.67. The van der Waals surface area contributed by atoms with Crippen molar-refractivity contribution in [3.05, 3.63) is 46.4 Å². The summed E-state index contributed by atoms with van der Waals surface area (Å²) in [6.07, 6.45) is -0.682. The van der Waals surface area contributed by atoms with Crippen molar-refractivity contribution < 1.29 is 13.9 Å². The van der Waals surface area contributed by atoms with E-state index in [1.54, 1.807) is 18.3 Å². The first-order chi connectivity index (χ1) is 9.56. The van der Waals surface area contributed by atoms with Crippen molar-refractivity contribution in [1.29, 1.82) is 0 Å². The Balaban J connectivity index is 1.92. The van der Waals surface area contributed by atoms with Crippen LogP contribution in [0.4, 0.5) is 15.8 Å². The van der Waals surface area contributed by atoms with Gasteiger partial charge in [0.2, 0.25) is 0 Å². The van der Waals surface area contributed by atoms with E-state index in [4.69, 9.17) is 10.5 Å². The maximum Gasteiger partial charge on any atom is 0.253 e. The highest BCUT2D eigenvalue weighted by Gasteiger charge is 2.15. The molecule has 1 aromatic heterocycles. The predicted octanol–water partition coefficient (Wildman–Crippen LogP) is 3.01. The third-order valence-corrected chi connectivity index (χ3v) is 3.52. The summed E-state index contributed by atoms with van der Waals surface area (Å²) in [6, 6.07) is 7.85. The number of anilines is 2. The quantitative estimate of drug-likeness (QED) is 0.833. The molecule has 0 spiro atoms. The van der Waals surface area contributed by atoms with Gasteiger partial charge in [0.1, 0.15) is 11.9 Å². The molecule has 2 aromatic rings. The standard InChI is InChI=1S/C14H15FN2O2S/c1-9(19-8-11-3-2-6-20-11)14(18)17-13-7-10(16)4-5-12(13)15/h2-7,9H,8,16H2,1H3,(H,17,18). The van der Waals surface area contributed by atoms with Crippen LogP contribution in [0.25, 0.3) is 0 Å². The second kappa shape index (κ2) is 6.49. The fraction of sp³-hybridized carbons (Fsp3) is 0.214. The van der Waals surface area contributed by atoms with Gasteiger partial charge in [-0.15, -0.1) is 11.3 Å². The van der Waals surface area contributed by atoms with E-state index in [0.717, 1.165) is 4.88 Å². The summed E-state index contributed by atoms with van der Waals surface area (Å²) < 4.78 is 18.9. The van der Waals surface area contributed by atoms with Gasteiger partial charge in [-0.3, -0.25) is 4.79 Å². The van der Waals surface area contributed by atoms with Crippen LogP contribution in [0.1, 0.15) is 11.8 Å². The third kappa shape index (κ3) is 3.79. The van der Waals surface area contributed by atoms with Gasteiger partial charge in [-0.05, 0) is 36.6 Å². The molecule has 1 heterocycles. The first-order valence-corrected chi connectivity index (χ1v) is 6.94. The predicted molar refractivity (Wildman–Crippen MR) is 78.0 cm³/mol. The molecule has 1 aromatic carbocycles. The van der Waals surface area contributed by atoms with Crippen LogP contribution in [-0.2, 0) is 16.1 Å². The second-order valence-corrected chi connectivity index (χ2v) is 5.29. The van der Waals surface area contributed by atoms with Gasteiger partial charge in [0.15, 0.2) is 0 Å². The van der Waals surface area contributed by atoms with E-state index in [9.17, 15) is 9.18 Å². The summed E-state index contributed by atoms with van der Waals surface area (Å²) in [4.78, 5) is 12.9. The first-order valence-electron chi connectivity index (χ1n) is 6.06. The van der Waals surface area contributed by atoms with Gasteiger partial charge < -0.3 is 15.8 Å². The molecular formula is C14H15FN2O2S. The molecule has 4 nitrogen and oxygen atoms in total. The zero-order valence-corrected chi connectivity index (χ0v) is 11.7. The topological polar surface area (TPSA) is 64.3 Å². The number of hydrogen-bond acceptors (Lipinski definition) is 4. The van der Waals surface area contributed by atoms with Crippen molar-refractivity contribution in [1.82, 2.24) is 0 Å². The Labute approximate surface area is 120 Å². The van der Waals surface area contributed by atoms with Gasteiger partial charge in [-0.25, -0.2) is 4.39 Å². The number of amides is 1.